The van der Waals surface area contributed by atoms with Crippen molar-refractivity contribution in [2.24, 2.45) is 11.7 Å². The van der Waals surface area contributed by atoms with Crippen molar-refractivity contribution in [2.75, 3.05) is 13.1 Å². The van der Waals surface area contributed by atoms with Gasteiger partial charge < -0.3 is 15.1 Å². The fourth-order valence-electron chi connectivity index (χ4n) is 2.15. The van der Waals surface area contributed by atoms with Gasteiger partial charge in [0.1, 0.15) is 5.76 Å². The van der Waals surface area contributed by atoms with E-state index in [4.69, 9.17) is 10.2 Å². The zero-order valence-electron chi connectivity index (χ0n) is 10.7. The lowest BCUT2D eigenvalue weighted by atomic mass is 9.80. The van der Waals surface area contributed by atoms with Crippen LogP contribution in [0.15, 0.2) is 16.7 Å². The van der Waals surface area contributed by atoms with Crippen LogP contribution in [0.1, 0.15) is 36.9 Å². The van der Waals surface area contributed by atoms with Gasteiger partial charge in [-0.25, -0.2) is 0 Å². The Labute approximate surface area is 102 Å². The molecule has 0 aliphatic carbocycles. The first-order valence-corrected chi connectivity index (χ1v) is 6.12. The molecule has 17 heavy (non-hydrogen) atoms. The smallest absolute Gasteiger partial charge is 0.257 e. The van der Waals surface area contributed by atoms with Gasteiger partial charge in [-0.3, -0.25) is 4.79 Å². The zero-order valence-corrected chi connectivity index (χ0v) is 10.7. The van der Waals surface area contributed by atoms with Crippen LogP contribution in [0.3, 0.4) is 0 Å². The second-order valence-corrected chi connectivity index (χ2v) is 5.16. The van der Waals surface area contributed by atoms with Gasteiger partial charge in [-0.15, -0.1) is 0 Å². The van der Waals surface area contributed by atoms with Gasteiger partial charge in [0.15, 0.2) is 0 Å². The summed E-state index contributed by atoms with van der Waals surface area (Å²) in [6.07, 6.45) is 2.31. The Hall–Kier alpha value is -1.29. The molecular weight excluding hydrogens is 216 g/mol. The van der Waals surface area contributed by atoms with E-state index in [0.29, 0.717) is 24.6 Å². The van der Waals surface area contributed by atoms with Gasteiger partial charge in [0.2, 0.25) is 0 Å². The second-order valence-electron chi connectivity index (χ2n) is 5.16. The second kappa shape index (κ2) is 4.18. The Kier molecular flexibility index (Phi) is 3.00. The molecule has 0 atom stereocenters. The summed E-state index contributed by atoms with van der Waals surface area (Å²) in [5.74, 6) is 1.19. The van der Waals surface area contributed by atoms with Gasteiger partial charge in [-0.1, -0.05) is 20.8 Å². The minimum absolute atomic E-state index is 0.0392. The molecule has 0 radical (unpaired) electrons. The van der Waals surface area contributed by atoms with Crippen molar-refractivity contribution in [3.05, 3.63) is 23.7 Å². The number of nitrogens with two attached hydrogens (primary N) is 1. The largest absolute Gasteiger partial charge is 0.469 e. The SMILES string of the molecule is CCc1occc1C(=O)N1CC(N)(C(C)C)C1. The summed E-state index contributed by atoms with van der Waals surface area (Å²) < 4.78 is 5.27. The van der Waals surface area contributed by atoms with Crippen molar-refractivity contribution in [2.45, 2.75) is 32.7 Å². The number of furan rings is 1. The van der Waals surface area contributed by atoms with Crippen molar-refractivity contribution in [1.82, 2.24) is 4.90 Å². The number of likely N-dealkylation sites (tertiary alicyclic amines) is 1. The van der Waals surface area contributed by atoms with Crippen LogP contribution >= 0.6 is 0 Å². The fourth-order valence-corrected chi connectivity index (χ4v) is 2.15. The van der Waals surface area contributed by atoms with Gasteiger partial charge in [-0.05, 0) is 12.0 Å². The van der Waals surface area contributed by atoms with Crippen LogP contribution in [0.25, 0.3) is 0 Å². The van der Waals surface area contributed by atoms with E-state index in [1.807, 2.05) is 6.92 Å². The number of amides is 1. The molecule has 2 rings (SSSR count). The third-order valence-corrected chi connectivity index (χ3v) is 3.70. The molecule has 1 aromatic rings. The van der Waals surface area contributed by atoms with Crippen LogP contribution in [-0.4, -0.2) is 29.4 Å². The Morgan fingerprint density at radius 1 is 1.59 bits per heavy atom. The summed E-state index contributed by atoms with van der Waals surface area (Å²) in [5.41, 5.74) is 6.64. The summed E-state index contributed by atoms with van der Waals surface area (Å²) in [6.45, 7) is 7.44. The standard InChI is InChI=1S/C13H20N2O2/c1-4-11-10(5-6-17-11)12(16)15-7-13(14,8-15)9(2)3/h5-6,9H,4,7-8,14H2,1-3H3. The first kappa shape index (κ1) is 12.2. The van der Waals surface area contributed by atoms with E-state index in [2.05, 4.69) is 13.8 Å². The minimum atomic E-state index is -0.216. The Morgan fingerprint density at radius 2 is 2.24 bits per heavy atom. The highest BCUT2D eigenvalue weighted by atomic mass is 16.3. The van der Waals surface area contributed by atoms with E-state index in [1.165, 1.54) is 0 Å². The van der Waals surface area contributed by atoms with Gasteiger partial charge in [0.25, 0.3) is 5.91 Å². The lowest BCUT2D eigenvalue weighted by molar-refractivity contribution is 0.0273. The third-order valence-electron chi connectivity index (χ3n) is 3.70. The monoisotopic (exact) mass is 236 g/mol. The molecule has 4 nitrogen and oxygen atoms in total. The van der Waals surface area contributed by atoms with Crippen molar-refractivity contribution in [1.29, 1.82) is 0 Å². The summed E-state index contributed by atoms with van der Waals surface area (Å²) >= 11 is 0. The number of aryl methyl sites for hydroxylation is 1. The van der Waals surface area contributed by atoms with Gasteiger partial charge in [0.05, 0.1) is 17.4 Å². The molecule has 1 saturated heterocycles. The van der Waals surface area contributed by atoms with Gasteiger partial charge >= 0.3 is 0 Å². The maximum atomic E-state index is 12.2. The van der Waals surface area contributed by atoms with E-state index in [1.54, 1.807) is 17.2 Å². The topological polar surface area (TPSA) is 59.5 Å². The van der Waals surface area contributed by atoms with Crippen LogP contribution in [0.2, 0.25) is 0 Å². The molecule has 4 heteroatoms. The van der Waals surface area contributed by atoms with Gasteiger partial charge in [0, 0.05) is 19.5 Å². The summed E-state index contributed by atoms with van der Waals surface area (Å²) in [4.78, 5) is 14.0. The van der Waals surface area contributed by atoms with Crippen molar-refractivity contribution < 1.29 is 9.21 Å². The molecule has 2 N–H and O–H groups in total. The lowest BCUT2D eigenvalue weighted by Gasteiger charge is -2.50. The average molecular weight is 236 g/mol. The summed E-state index contributed by atoms with van der Waals surface area (Å²) in [6, 6.07) is 1.74. The molecular formula is C13H20N2O2. The molecule has 94 valence electrons. The normalized spacial score (nSPS) is 18.3. The molecule has 0 spiro atoms. The van der Waals surface area contributed by atoms with Crippen molar-refractivity contribution in [3.8, 4) is 0 Å². The molecule has 1 aliphatic heterocycles. The summed E-state index contributed by atoms with van der Waals surface area (Å²) in [7, 11) is 0. The molecule has 0 saturated carbocycles. The quantitative estimate of drug-likeness (QED) is 0.868. The van der Waals surface area contributed by atoms with Crippen molar-refractivity contribution in [3.63, 3.8) is 0 Å². The third kappa shape index (κ3) is 1.97. The van der Waals surface area contributed by atoms with Crippen LogP contribution in [-0.2, 0) is 6.42 Å². The van der Waals surface area contributed by atoms with E-state index >= 15 is 0 Å². The minimum Gasteiger partial charge on any atom is -0.469 e. The molecule has 1 fully saturated rings. The maximum Gasteiger partial charge on any atom is 0.257 e. The summed E-state index contributed by atoms with van der Waals surface area (Å²) in [5, 5.41) is 0. The molecule has 2 heterocycles. The molecule has 1 aliphatic rings. The number of carbonyl (C=O) groups excluding carboxylic acids is 1. The highest BCUT2D eigenvalue weighted by Gasteiger charge is 2.44. The van der Waals surface area contributed by atoms with E-state index < -0.39 is 0 Å². The molecule has 0 bridgehead atoms. The lowest BCUT2D eigenvalue weighted by Crippen LogP contribution is -2.71. The van der Waals surface area contributed by atoms with Crippen LogP contribution in [0.5, 0.6) is 0 Å². The number of hydrogen-bond donors (Lipinski definition) is 1. The first-order chi connectivity index (χ1) is 7.98. The Morgan fingerprint density at radius 3 is 2.76 bits per heavy atom. The number of nitrogens with zero attached hydrogens (tertiary/aromatic N) is 1. The highest BCUT2D eigenvalue weighted by Crippen LogP contribution is 2.28. The molecule has 0 aromatic carbocycles. The van der Waals surface area contributed by atoms with E-state index in [0.717, 1.165) is 12.2 Å². The van der Waals surface area contributed by atoms with Gasteiger partial charge in [-0.2, -0.15) is 0 Å². The predicted octanol–water partition coefficient (Wildman–Crippen LogP) is 1.65. The number of carbonyl (C=O) groups is 1. The number of hydrogen-bond acceptors (Lipinski definition) is 3. The predicted molar refractivity (Wildman–Crippen MR) is 65.7 cm³/mol. The molecule has 0 unspecified atom stereocenters. The van der Waals surface area contributed by atoms with Crippen LogP contribution in [0.4, 0.5) is 0 Å². The average Bonchev–Trinajstić information content (AvgIpc) is 2.71. The van der Waals surface area contributed by atoms with E-state index in [9.17, 15) is 4.79 Å². The Balaban J connectivity index is 2.05. The fraction of sp³-hybridized carbons (Fsp3) is 0.615. The number of rotatable bonds is 3. The highest BCUT2D eigenvalue weighted by molar-refractivity contribution is 5.95. The van der Waals surface area contributed by atoms with E-state index in [-0.39, 0.29) is 11.4 Å². The van der Waals surface area contributed by atoms with Crippen molar-refractivity contribution >= 4 is 5.91 Å². The van der Waals surface area contributed by atoms with Crippen LogP contribution < -0.4 is 5.73 Å². The zero-order chi connectivity index (χ0) is 12.6. The first-order valence-electron chi connectivity index (χ1n) is 6.12. The van der Waals surface area contributed by atoms with Crippen LogP contribution in [0, 0.1) is 5.92 Å². The maximum absolute atomic E-state index is 12.2. The molecule has 1 aromatic heterocycles. The Bertz CT molecular complexity index is 417. The molecule has 1 amide bonds.